The molecule has 0 unspecified atom stereocenters. The summed E-state index contributed by atoms with van der Waals surface area (Å²) in [5.74, 6) is 0. The van der Waals surface area contributed by atoms with Gasteiger partial charge in [-0.15, -0.1) is 0 Å². The molecule has 0 amide bonds. The number of hydrogen-bond acceptors (Lipinski definition) is 0. The highest BCUT2D eigenvalue weighted by Gasteiger charge is 1.89. The van der Waals surface area contributed by atoms with Gasteiger partial charge in [0.25, 0.3) is 0 Å². The largest absolute Gasteiger partial charge is 0.0876 e. The first kappa shape index (κ1) is 10.9. The van der Waals surface area contributed by atoms with E-state index in [0.29, 0.717) is 0 Å². The van der Waals surface area contributed by atoms with Gasteiger partial charge in [0.1, 0.15) is 0 Å². The maximum Gasteiger partial charge on any atom is 0.0607 e. The van der Waals surface area contributed by atoms with E-state index in [0.717, 1.165) is 15.1 Å². The summed E-state index contributed by atoms with van der Waals surface area (Å²) in [7, 11) is 0. The van der Waals surface area contributed by atoms with Crippen LogP contribution in [0.4, 0.5) is 0 Å². The van der Waals surface area contributed by atoms with Crippen molar-refractivity contribution < 1.29 is 0 Å². The Bertz CT molecular complexity index is 143. The summed E-state index contributed by atoms with van der Waals surface area (Å²) in [5.41, 5.74) is 1.28. The lowest BCUT2D eigenvalue weighted by atomic mass is 10.2. The Labute approximate surface area is 87.2 Å². The van der Waals surface area contributed by atoms with Crippen LogP contribution in [-0.2, 0) is 0 Å². The average molecular weight is 333 g/mol. The summed E-state index contributed by atoms with van der Waals surface area (Å²) in [6.07, 6.45) is 5.29. The van der Waals surface area contributed by atoms with Gasteiger partial charge in [-0.25, -0.2) is 0 Å². The maximum absolute atomic E-state index is 3.39. The van der Waals surface area contributed by atoms with E-state index in [4.69, 9.17) is 0 Å². The van der Waals surface area contributed by atoms with E-state index in [-0.39, 0.29) is 0 Å². The van der Waals surface area contributed by atoms with Gasteiger partial charge in [0.15, 0.2) is 0 Å². The molecule has 58 valence electrons. The van der Waals surface area contributed by atoms with Crippen LogP contribution in [0, 0.1) is 0 Å². The van der Waals surface area contributed by atoms with Crippen molar-refractivity contribution in [3.63, 3.8) is 0 Å². The van der Waals surface area contributed by atoms with Crippen molar-refractivity contribution in [1.82, 2.24) is 0 Å². The first-order chi connectivity index (χ1) is 4.70. The van der Waals surface area contributed by atoms with Crippen LogP contribution in [0.15, 0.2) is 21.1 Å². The average Bonchev–Trinajstić information content (AvgIpc) is 1.86. The lowest BCUT2D eigenvalue weighted by Crippen LogP contribution is -1.77. The highest BCUT2D eigenvalue weighted by molar-refractivity contribution is 9.28. The molecule has 0 aliphatic heterocycles. The Morgan fingerprint density at radius 3 is 2.30 bits per heavy atom. The van der Waals surface area contributed by atoms with Gasteiger partial charge < -0.3 is 0 Å². The summed E-state index contributed by atoms with van der Waals surface area (Å²) in [6, 6.07) is 0. The first-order valence-electron chi connectivity index (χ1n) is 2.98. The molecule has 0 aliphatic carbocycles. The molecule has 0 aliphatic rings. The molecular formula is C7H9Br3. The van der Waals surface area contributed by atoms with Crippen molar-refractivity contribution in [2.45, 2.75) is 13.3 Å². The summed E-state index contributed by atoms with van der Waals surface area (Å²) < 4.78 is 0.985. The topological polar surface area (TPSA) is 0 Å². The van der Waals surface area contributed by atoms with Gasteiger partial charge in [-0.3, -0.25) is 0 Å². The summed E-state index contributed by atoms with van der Waals surface area (Å²) in [5, 5.41) is 0.904. The van der Waals surface area contributed by atoms with Crippen LogP contribution < -0.4 is 0 Å². The third-order valence-corrected chi connectivity index (χ3v) is 2.02. The van der Waals surface area contributed by atoms with Crippen molar-refractivity contribution in [2.24, 2.45) is 0 Å². The molecule has 0 fully saturated rings. The third kappa shape index (κ3) is 5.69. The first-order valence-corrected chi connectivity index (χ1v) is 5.69. The quantitative estimate of drug-likeness (QED) is 0.532. The van der Waals surface area contributed by atoms with Crippen molar-refractivity contribution in [3.8, 4) is 0 Å². The fourth-order valence-corrected chi connectivity index (χ4v) is 1.53. The molecule has 0 rings (SSSR count). The van der Waals surface area contributed by atoms with E-state index in [9.17, 15) is 0 Å². The second-order valence-electron chi connectivity index (χ2n) is 1.75. The highest BCUT2D eigenvalue weighted by Crippen LogP contribution is 2.17. The van der Waals surface area contributed by atoms with Crippen molar-refractivity contribution >= 4 is 47.8 Å². The van der Waals surface area contributed by atoms with Crippen LogP contribution >= 0.6 is 47.8 Å². The summed E-state index contributed by atoms with van der Waals surface area (Å²) in [6.45, 7) is 2.12. The Balaban J connectivity index is 4.09. The van der Waals surface area contributed by atoms with E-state index in [1.807, 2.05) is 6.08 Å². The van der Waals surface area contributed by atoms with E-state index >= 15 is 0 Å². The normalized spacial score (nSPS) is 11.4. The number of halogens is 3. The number of alkyl halides is 1. The molecule has 0 N–H and O–H groups in total. The highest BCUT2D eigenvalue weighted by atomic mass is 79.9. The smallest absolute Gasteiger partial charge is 0.0607 e. The van der Waals surface area contributed by atoms with Crippen molar-refractivity contribution in [2.75, 3.05) is 5.33 Å². The zero-order valence-electron chi connectivity index (χ0n) is 5.70. The van der Waals surface area contributed by atoms with Gasteiger partial charge in [-0.1, -0.05) is 28.9 Å². The van der Waals surface area contributed by atoms with Gasteiger partial charge in [0, 0.05) is 5.33 Å². The lowest BCUT2D eigenvalue weighted by Gasteiger charge is -1.93. The van der Waals surface area contributed by atoms with Gasteiger partial charge >= 0.3 is 0 Å². The minimum atomic E-state index is 0.904. The molecule has 3 heteroatoms. The van der Waals surface area contributed by atoms with Crippen molar-refractivity contribution in [1.29, 1.82) is 0 Å². The number of allylic oxidation sites excluding steroid dienone is 3. The standard InChI is InChI=1S/C7H9Br3/c1-2-3-6(5-8)4-7(9)10/h3-4H,2,5H2,1H3/b6-3+. The fraction of sp³-hybridized carbons (Fsp3) is 0.429. The van der Waals surface area contributed by atoms with Gasteiger partial charge in [0.05, 0.1) is 3.39 Å². The van der Waals surface area contributed by atoms with Gasteiger partial charge in [-0.05, 0) is 49.9 Å². The molecule has 0 saturated carbocycles. The van der Waals surface area contributed by atoms with E-state index in [1.54, 1.807) is 0 Å². The summed E-state index contributed by atoms with van der Waals surface area (Å²) >= 11 is 9.99. The minimum absolute atomic E-state index is 0.904. The molecular weight excluding hydrogens is 324 g/mol. The SMILES string of the molecule is CC/C=C(\C=C(Br)Br)CBr. The Hall–Kier alpha value is 0.920. The molecule has 0 heterocycles. The number of rotatable bonds is 3. The molecule has 0 aromatic carbocycles. The molecule has 0 bridgehead atoms. The van der Waals surface area contributed by atoms with Crippen LogP contribution in [0.3, 0.4) is 0 Å². The minimum Gasteiger partial charge on any atom is -0.0876 e. The van der Waals surface area contributed by atoms with Crippen LogP contribution in [-0.4, -0.2) is 5.33 Å². The van der Waals surface area contributed by atoms with E-state index in [1.165, 1.54) is 5.57 Å². The molecule has 0 spiro atoms. The monoisotopic (exact) mass is 330 g/mol. The predicted octanol–water partition coefficient (Wildman–Crippen LogP) is 4.35. The Morgan fingerprint density at radius 2 is 2.00 bits per heavy atom. The number of hydrogen-bond donors (Lipinski definition) is 0. The van der Waals surface area contributed by atoms with Gasteiger partial charge in [0.2, 0.25) is 0 Å². The van der Waals surface area contributed by atoms with Crippen molar-refractivity contribution in [3.05, 3.63) is 21.1 Å². The molecule has 10 heavy (non-hydrogen) atoms. The van der Waals surface area contributed by atoms with Crippen LogP contribution in [0.2, 0.25) is 0 Å². The molecule has 0 atom stereocenters. The van der Waals surface area contributed by atoms with E-state index < -0.39 is 0 Å². The zero-order valence-corrected chi connectivity index (χ0v) is 10.5. The molecule has 0 aromatic rings. The molecule has 0 radical (unpaired) electrons. The second kappa shape index (κ2) is 6.62. The second-order valence-corrected chi connectivity index (χ2v) is 5.09. The maximum atomic E-state index is 3.39. The van der Waals surface area contributed by atoms with Crippen LogP contribution in [0.1, 0.15) is 13.3 Å². The molecule has 0 aromatic heterocycles. The van der Waals surface area contributed by atoms with Crippen LogP contribution in [0.5, 0.6) is 0 Å². The molecule has 0 saturated heterocycles. The Morgan fingerprint density at radius 1 is 1.40 bits per heavy atom. The molecule has 0 nitrogen and oxygen atoms in total. The van der Waals surface area contributed by atoms with Crippen LogP contribution in [0.25, 0.3) is 0 Å². The third-order valence-electron chi connectivity index (χ3n) is 0.915. The van der Waals surface area contributed by atoms with E-state index in [2.05, 4.69) is 60.8 Å². The summed E-state index contributed by atoms with van der Waals surface area (Å²) in [4.78, 5) is 0. The Kier molecular flexibility index (Phi) is 7.23. The zero-order chi connectivity index (χ0) is 7.98. The van der Waals surface area contributed by atoms with Gasteiger partial charge in [-0.2, -0.15) is 0 Å². The predicted molar refractivity (Wildman–Crippen MR) is 58.1 cm³/mol. The fourth-order valence-electron chi connectivity index (χ4n) is 0.554. The lowest BCUT2D eigenvalue weighted by molar-refractivity contribution is 1.20.